The van der Waals surface area contributed by atoms with Crippen molar-refractivity contribution in [1.82, 2.24) is 4.90 Å². The van der Waals surface area contributed by atoms with E-state index in [1.54, 1.807) is 0 Å². The first-order valence-electron chi connectivity index (χ1n) is 7.15. The van der Waals surface area contributed by atoms with Gasteiger partial charge in [0.25, 0.3) is 0 Å². The van der Waals surface area contributed by atoms with Crippen molar-refractivity contribution < 1.29 is 9.53 Å². The summed E-state index contributed by atoms with van der Waals surface area (Å²) in [5, 5.41) is 0. The molecule has 1 heterocycles. The van der Waals surface area contributed by atoms with Gasteiger partial charge in [0.1, 0.15) is 0 Å². The summed E-state index contributed by atoms with van der Waals surface area (Å²) < 4.78 is 6.45. The number of hydrogen-bond acceptors (Lipinski definition) is 3. The second-order valence-electron chi connectivity index (χ2n) is 5.15. The summed E-state index contributed by atoms with van der Waals surface area (Å²) in [6, 6.07) is 0. The number of hydrogen-bond donors (Lipinski definition) is 0. The Hall–Kier alpha value is -0.601. The van der Waals surface area contributed by atoms with Crippen LogP contribution in [-0.2, 0) is 9.53 Å². The van der Waals surface area contributed by atoms with Gasteiger partial charge in [-0.1, -0.05) is 0 Å². The molecule has 1 saturated heterocycles. The van der Waals surface area contributed by atoms with E-state index in [2.05, 4.69) is 34.0 Å². The molecule has 19 heavy (non-hydrogen) atoms. The minimum absolute atomic E-state index is 0.0802. The van der Waals surface area contributed by atoms with E-state index in [1.807, 2.05) is 13.0 Å². The van der Waals surface area contributed by atoms with Crippen LogP contribution < -0.4 is 0 Å². The van der Waals surface area contributed by atoms with Crippen LogP contribution in [0.15, 0.2) is 12.7 Å². The molecule has 0 N–H and O–H groups in total. The van der Waals surface area contributed by atoms with Crippen LogP contribution in [0.25, 0.3) is 0 Å². The van der Waals surface area contributed by atoms with Crippen LogP contribution in [-0.4, -0.2) is 50.7 Å². The topological polar surface area (TPSA) is 29.5 Å². The van der Waals surface area contributed by atoms with Crippen LogP contribution in [0.5, 0.6) is 0 Å². The van der Waals surface area contributed by atoms with Crippen molar-refractivity contribution in [2.24, 2.45) is 11.8 Å². The van der Waals surface area contributed by atoms with Crippen molar-refractivity contribution in [3.63, 3.8) is 0 Å². The Morgan fingerprint density at radius 2 is 2.11 bits per heavy atom. The van der Waals surface area contributed by atoms with E-state index in [9.17, 15) is 4.79 Å². The first-order chi connectivity index (χ1) is 9.10. The summed E-state index contributed by atoms with van der Waals surface area (Å²) in [5.74, 6) is 0.0985. The zero-order valence-electron chi connectivity index (χ0n) is 12.1. The molecule has 108 valence electrons. The molecule has 0 bridgehead atoms. The molecule has 0 aromatic heterocycles. The van der Waals surface area contributed by atoms with Crippen molar-refractivity contribution in [3.8, 4) is 0 Å². The Labute approximate surface area is 124 Å². The second-order valence-corrected chi connectivity index (χ2v) is 6.14. The number of esters is 1. The molecule has 0 aromatic carbocycles. The van der Waals surface area contributed by atoms with Crippen LogP contribution >= 0.6 is 0 Å². The molecule has 0 aliphatic carbocycles. The van der Waals surface area contributed by atoms with Crippen LogP contribution in [0.3, 0.4) is 0 Å². The van der Waals surface area contributed by atoms with E-state index >= 15 is 0 Å². The Bertz CT molecular complexity index is 324. The van der Waals surface area contributed by atoms with E-state index in [4.69, 9.17) is 4.74 Å². The van der Waals surface area contributed by atoms with Gasteiger partial charge in [-0.2, -0.15) is 0 Å². The third kappa shape index (κ3) is 5.12. The summed E-state index contributed by atoms with van der Waals surface area (Å²) in [6.07, 6.45) is 5.96. The van der Waals surface area contributed by atoms with Crippen molar-refractivity contribution in [3.05, 3.63) is 12.7 Å². The number of rotatable bonds is 8. The van der Waals surface area contributed by atoms with E-state index in [0.717, 1.165) is 19.5 Å². The average molecular weight is 330 g/mol. The normalized spacial score (nSPS) is 17.9. The van der Waals surface area contributed by atoms with E-state index in [1.165, 1.54) is 17.4 Å². The van der Waals surface area contributed by atoms with Gasteiger partial charge in [-0.25, -0.2) is 0 Å². The standard InChI is InChI=1S/C15H25NO2Se/c1-4-8-13(15(17)18-5-2)12(3)11-14(19)16-9-6-7-10-16/h4,12-13H,1,5-11H2,2-3H3. The van der Waals surface area contributed by atoms with Gasteiger partial charge in [0.05, 0.1) is 0 Å². The number of likely N-dealkylation sites (tertiary alicyclic amines) is 1. The Kier molecular flexibility index (Phi) is 7.40. The molecule has 1 aliphatic rings. The fraction of sp³-hybridized carbons (Fsp3) is 0.733. The third-order valence-electron chi connectivity index (χ3n) is 3.65. The first kappa shape index (κ1) is 16.5. The number of allylic oxidation sites excluding steroid dienone is 1. The molecule has 0 amide bonds. The maximum atomic E-state index is 12.0. The van der Waals surface area contributed by atoms with Gasteiger partial charge in [-0.05, 0) is 0 Å². The summed E-state index contributed by atoms with van der Waals surface area (Å²) >= 11 is 3.18. The van der Waals surface area contributed by atoms with E-state index < -0.39 is 0 Å². The fourth-order valence-electron chi connectivity index (χ4n) is 2.50. The zero-order valence-corrected chi connectivity index (χ0v) is 13.8. The quantitative estimate of drug-likeness (QED) is 0.388. The molecule has 1 aliphatic heterocycles. The van der Waals surface area contributed by atoms with Crippen LogP contribution in [0, 0.1) is 11.8 Å². The number of carbonyl (C=O) groups excluding carboxylic acids is 1. The van der Waals surface area contributed by atoms with Crippen LogP contribution in [0.2, 0.25) is 0 Å². The molecule has 1 fully saturated rings. The average Bonchev–Trinajstić information content (AvgIpc) is 2.89. The Morgan fingerprint density at radius 3 is 2.63 bits per heavy atom. The van der Waals surface area contributed by atoms with Gasteiger partial charge in [-0.3, -0.25) is 0 Å². The number of ether oxygens (including phenoxy) is 1. The van der Waals surface area contributed by atoms with Crippen LogP contribution in [0.1, 0.15) is 39.5 Å². The molecule has 2 atom stereocenters. The molecule has 1 rings (SSSR count). The molecule has 3 nitrogen and oxygen atoms in total. The zero-order chi connectivity index (χ0) is 14.3. The number of nitrogens with zero attached hydrogens (tertiary/aromatic N) is 1. The predicted octanol–water partition coefficient (Wildman–Crippen LogP) is 2.16. The Balaban J connectivity index is 2.55. The van der Waals surface area contributed by atoms with Gasteiger partial charge in [-0.15, -0.1) is 0 Å². The van der Waals surface area contributed by atoms with E-state index in [-0.39, 0.29) is 17.8 Å². The molecule has 0 spiro atoms. The molecular formula is C15H25NO2Se. The monoisotopic (exact) mass is 331 g/mol. The summed E-state index contributed by atoms with van der Waals surface area (Å²) in [5.41, 5.74) is 0. The minimum atomic E-state index is -0.0934. The van der Waals surface area contributed by atoms with Crippen molar-refractivity contribution in [1.29, 1.82) is 0 Å². The molecule has 0 aromatic rings. The fourth-order valence-corrected chi connectivity index (χ4v) is 3.44. The predicted molar refractivity (Wildman–Crippen MR) is 80.3 cm³/mol. The van der Waals surface area contributed by atoms with Gasteiger partial charge >= 0.3 is 124 Å². The number of carbonyl (C=O) groups is 1. The molecule has 4 heteroatoms. The SMILES string of the molecule is C=CCC(C(=O)OCC)C(C)CC(=[Se])N1CCCC1. The third-order valence-corrected chi connectivity index (χ3v) is 4.54. The van der Waals surface area contributed by atoms with Gasteiger partial charge in [0, 0.05) is 0 Å². The molecular weight excluding hydrogens is 305 g/mol. The first-order valence-corrected chi connectivity index (χ1v) is 8.01. The maximum absolute atomic E-state index is 12.0. The summed E-state index contributed by atoms with van der Waals surface area (Å²) in [4.78, 5) is 14.4. The molecule has 0 saturated carbocycles. The molecule has 0 radical (unpaired) electrons. The van der Waals surface area contributed by atoms with Gasteiger partial charge in [0.15, 0.2) is 0 Å². The van der Waals surface area contributed by atoms with E-state index in [0.29, 0.717) is 13.0 Å². The van der Waals surface area contributed by atoms with Gasteiger partial charge in [0.2, 0.25) is 0 Å². The second kappa shape index (κ2) is 8.55. The van der Waals surface area contributed by atoms with Crippen molar-refractivity contribution in [2.75, 3.05) is 19.7 Å². The summed E-state index contributed by atoms with van der Waals surface area (Å²) in [7, 11) is 0. The van der Waals surface area contributed by atoms with Crippen molar-refractivity contribution in [2.45, 2.75) is 39.5 Å². The molecule has 2 unspecified atom stereocenters. The Morgan fingerprint density at radius 1 is 1.47 bits per heavy atom. The summed E-state index contributed by atoms with van der Waals surface area (Å²) in [6.45, 7) is 10.4. The van der Waals surface area contributed by atoms with Crippen LogP contribution in [0.4, 0.5) is 0 Å². The van der Waals surface area contributed by atoms with Crippen molar-refractivity contribution >= 4 is 26.1 Å². The van der Waals surface area contributed by atoms with Gasteiger partial charge < -0.3 is 0 Å².